The molecular weight excluding hydrogens is 332 g/mol. The van der Waals surface area contributed by atoms with Crippen molar-refractivity contribution >= 4 is 5.97 Å². The van der Waals surface area contributed by atoms with Crippen molar-refractivity contribution < 1.29 is 24.1 Å². The highest BCUT2D eigenvalue weighted by Gasteiger charge is 2.20. The Hall–Kier alpha value is -1.91. The van der Waals surface area contributed by atoms with Gasteiger partial charge in [-0.15, -0.1) is 0 Å². The van der Waals surface area contributed by atoms with Crippen LogP contribution in [0, 0.1) is 0 Å². The number of hydrogen-bond donors (Lipinski definition) is 1. The highest BCUT2D eigenvalue weighted by atomic mass is 16.5. The number of carboxylic acids is 1. The van der Waals surface area contributed by atoms with E-state index in [9.17, 15) is 4.79 Å². The van der Waals surface area contributed by atoms with Crippen molar-refractivity contribution in [2.75, 3.05) is 7.11 Å². The number of carboxylic acid groups (broad SMARTS) is 1. The summed E-state index contributed by atoms with van der Waals surface area (Å²) in [5.41, 5.74) is 0.639. The Morgan fingerprint density at radius 1 is 1.00 bits per heavy atom. The number of hydrogen-bond acceptors (Lipinski definition) is 4. The fraction of sp³-hybridized carbons (Fsp3) is 0.667. The zero-order chi connectivity index (χ0) is 19.5. The fourth-order valence-corrected chi connectivity index (χ4v) is 2.78. The van der Waals surface area contributed by atoms with E-state index in [1.165, 1.54) is 0 Å². The number of rotatable bonds is 13. The highest BCUT2D eigenvalue weighted by molar-refractivity contribution is 5.71. The van der Waals surface area contributed by atoms with Crippen LogP contribution in [0.25, 0.3) is 0 Å². The molecule has 0 aliphatic carbocycles. The number of ether oxygens (including phenoxy) is 3. The Morgan fingerprint density at radius 3 is 2.04 bits per heavy atom. The van der Waals surface area contributed by atoms with Crippen molar-refractivity contribution in [2.24, 2.45) is 0 Å². The summed E-state index contributed by atoms with van der Waals surface area (Å²) in [4.78, 5) is 11.1. The van der Waals surface area contributed by atoms with Crippen molar-refractivity contribution in [3.63, 3.8) is 0 Å². The molecule has 0 amide bonds. The summed E-state index contributed by atoms with van der Waals surface area (Å²) in [6, 6.07) is 3.49. The minimum absolute atomic E-state index is 0.0213. The van der Waals surface area contributed by atoms with Gasteiger partial charge in [-0.2, -0.15) is 0 Å². The Bertz CT molecular complexity index is 556. The lowest BCUT2D eigenvalue weighted by Crippen LogP contribution is -2.16. The van der Waals surface area contributed by atoms with E-state index in [1.807, 2.05) is 13.8 Å². The third-order valence-electron chi connectivity index (χ3n) is 4.23. The van der Waals surface area contributed by atoms with Gasteiger partial charge < -0.3 is 19.3 Å². The molecule has 1 aromatic carbocycles. The molecular formula is C21H34O5. The lowest BCUT2D eigenvalue weighted by molar-refractivity contribution is -0.136. The fourth-order valence-electron chi connectivity index (χ4n) is 2.78. The Labute approximate surface area is 157 Å². The summed E-state index contributed by atoms with van der Waals surface area (Å²) in [6.45, 7) is 8.35. The largest absolute Gasteiger partial charge is 0.493 e. The van der Waals surface area contributed by atoms with Crippen molar-refractivity contribution in [2.45, 2.75) is 84.8 Å². The van der Waals surface area contributed by atoms with E-state index >= 15 is 0 Å². The van der Waals surface area contributed by atoms with Gasteiger partial charge in [-0.1, -0.05) is 39.5 Å². The van der Waals surface area contributed by atoms with E-state index in [0.717, 1.165) is 38.5 Å². The first-order chi connectivity index (χ1) is 12.4. The van der Waals surface area contributed by atoms with Crippen LogP contribution in [0.1, 0.15) is 71.8 Å². The lowest BCUT2D eigenvalue weighted by atomic mass is 10.1. The van der Waals surface area contributed by atoms with Crippen molar-refractivity contribution in [1.29, 1.82) is 0 Å². The molecule has 1 aromatic rings. The first-order valence-corrected chi connectivity index (χ1v) is 9.67. The zero-order valence-corrected chi connectivity index (χ0v) is 16.8. The molecule has 5 heteroatoms. The van der Waals surface area contributed by atoms with Crippen molar-refractivity contribution in [3.05, 3.63) is 17.7 Å². The van der Waals surface area contributed by atoms with Crippen LogP contribution < -0.4 is 14.2 Å². The van der Waals surface area contributed by atoms with E-state index in [4.69, 9.17) is 19.3 Å². The van der Waals surface area contributed by atoms with Crippen LogP contribution in [-0.2, 0) is 11.2 Å². The molecule has 0 saturated carbocycles. The third-order valence-corrected chi connectivity index (χ3v) is 4.23. The Morgan fingerprint density at radius 2 is 1.54 bits per heavy atom. The van der Waals surface area contributed by atoms with Gasteiger partial charge in [-0.3, -0.25) is 4.79 Å². The number of unbranched alkanes of at least 4 members (excludes halogenated alkanes) is 2. The third kappa shape index (κ3) is 7.54. The van der Waals surface area contributed by atoms with Crippen LogP contribution in [-0.4, -0.2) is 30.4 Å². The second-order valence-corrected chi connectivity index (χ2v) is 6.84. The number of benzene rings is 1. The number of carbonyl (C=O) groups is 1. The molecule has 2 atom stereocenters. The summed E-state index contributed by atoms with van der Waals surface area (Å²) in [5.74, 6) is 0.757. The van der Waals surface area contributed by atoms with Gasteiger partial charge in [0.1, 0.15) is 0 Å². The van der Waals surface area contributed by atoms with Crippen LogP contribution in [0.5, 0.6) is 17.2 Å². The molecule has 0 spiro atoms. The van der Waals surface area contributed by atoms with E-state index in [2.05, 4.69) is 13.8 Å². The maximum Gasteiger partial charge on any atom is 0.307 e. The summed E-state index contributed by atoms with van der Waals surface area (Å²) in [7, 11) is 1.56. The molecule has 5 nitrogen and oxygen atoms in total. The molecule has 0 fully saturated rings. The predicted octanol–water partition coefficient (Wildman–Crippen LogP) is 5.24. The first-order valence-electron chi connectivity index (χ1n) is 9.67. The predicted molar refractivity (Wildman–Crippen MR) is 104 cm³/mol. The summed E-state index contributed by atoms with van der Waals surface area (Å²) in [6.07, 6.45) is 6.23. The molecule has 0 heterocycles. The Kier molecular flexibility index (Phi) is 9.92. The van der Waals surface area contributed by atoms with Crippen LogP contribution >= 0.6 is 0 Å². The number of methoxy groups -OCH3 is 1. The monoisotopic (exact) mass is 366 g/mol. The van der Waals surface area contributed by atoms with Crippen LogP contribution in [0.15, 0.2) is 12.1 Å². The molecule has 1 N–H and O–H groups in total. The molecule has 148 valence electrons. The van der Waals surface area contributed by atoms with E-state index in [1.54, 1.807) is 19.2 Å². The van der Waals surface area contributed by atoms with Gasteiger partial charge in [0.25, 0.3) is 0 Å². The van der Waals surface area contributed by atoms with Gasteiger partial charge in [0.2, 0.25) is 5.75 Å². The molecule has 1 rings (SSSR count). The normalized spacial score (nSPS) is 13.1. The van der Waals surface area contributed by atoms with Crippen molar-refractivity contribution in [1.82, 2.24) is 0 Å². The Balaban J connectivity index is 3.13. The van der Waals surface area contributed by atoms with Crippen LogP contribution in [0.3, 0.4) is 0 Å². The summed E-state index contributed by atoms with van der Waals surface area (Å²) >= 11 is 0. The second-order valence-electron chi connectivity index (χ2n) is 6.84. The molecule has 0 saturated heterocycles. The number of aliphatic carboxylic acids is 1. The second kappa shape index (κ2) is 11.7. The average molecular weight is 366 g/mol. The minimum Gasteiger partial charge on any atom is -0.493 e. The molecule has 0 bridgehead atoms. The quantitative estimate of drug-likeness (QED) is 0.517. The summed E-state index contributed by atoms with van der Waals surface area (Å²) < 4.78 is 17.7. The van der Waals surface area contributed by atoms with Crippen molar-refractivity contribution in [3.8, 4) is 17.2 Å². The van der Waals surface area contributed by atoms with Crippen LogP contribution in [0.4, 0.5) is 0 Å². The molecule has 2 unspecified atom stereocenters. The highest BCUT2D eigenvalue weighted by Crippen LogP contribution is 2.40. The van der Waals surface area contributed by atoms with Gasteiger partial charge >= 0.3 is 5.97 Å². The smallest absolute Gasteiger partial charge is 0.307 e. The van der Waals surface area contributed by atoms with Gasteiger partial charge in [-0.25, -0.2) is 0 Å². The topological polar surface area (TPSA) is 65.0 Å². The summed E-state index contributed by atoms with van der Waals surface area (Å²) in [5, 5.41) is 9.12. The molecule has 26 heavy (non-hydrogen) atoms. The SMILES string of the molecule is CCCCC(C)Oc1cc(CC(=O)O)cc(OC)c1OC(C)CCCC. The standard InChI is InChI=1S/C21H34O5/c1-6-8-10-15(3)25-19-13-17(14-20(22)23)12-18(24-5)21(19)26-16(4)11-9-7-2/h12-13,15-16H,6-11,14H2,1-5H3,(H,22,23). The minimum atomic E-state index is -0.887. The van der Waals surface area contributed by atoms with Gasteiger partial charge in [0, 0.05) is 0 Å². The average Bonchev–Trinajstić information content (AvgIpc) is 2.59. The van der Waals surface area contributed by atoms with Gasteiger partial charge in [0.15, 0.2) is 11.5 Å². The van der Waals surface area contributed by atoms with Gasteiger partial charge in [0.05, 0.1) is 25.7 Å². The molecule has 0 aliphatic rings. The maximum atomic E-state index is 11.1. The molecule has 0 radical (unpaired) electrons. The zero-order valence-electron chi connectivity index (χ0n) is 16.8. The lowest BCUT2D eigenvalue weighted by Gasteiger charge is -2.23. The first kappa shape index (κ1) is 22.1. The molecule has 0 aliphatic heterocycles. The van der Waals surface area contributed by atoms with E-state index in [0.29, 0.717) is 22.8 Å². The van der Waals surface area contributed by atoms with Crippen LogP contribution in [0.2, 0.25) is 0 Å². The van der Waals surface area contributed by atoms with Gasteiger partial charge in [-0.05, 0) is 44.4 Å². The van der Waals surface area contributed by atoms with E-state index in [-0.39, 0.29) is 18.6 Å². The molecule has 0 aromatic heterocycles. The van der Waals surface area contributed by atoms with E-state index < -0.39 is 5.97 Å². The maximum absolute atomic E-state index is 11.1.